The van der Waals surface area contributed by atoms with E-state index < -0.39 is 22.1 Å². The number of rotatable bonds is 11. The van der Waals surface area contributed by atoms with Gasteiger partial charge in [-0.3, -0.25) is 0 Å². The number of ether oxygens (including phenoxy) is 2. The average molecular weight is 504 g/mol. The van der Waals surface area contributed by atoms with E-state index in [1.165, 1.54) is 50.4 Å². The van der Waals surface area contributed by atoms with E-state index in [0.717, 1.165) is 0 Å². The summed E-state index contributed by atoms with van der Waals surface area (Å²) in [6.45, 7) is 3.64. The molecule has 0 fully saturated rings. The molecular formula is C23H26FN5O5S. The van der Waals surface area contributed by atoms with Gasteiger partial charge in [-0.1, -0.05) is 0 Å². The first-order chi connectivity index (χ1) is 16.7. The first-order valence-electron chi connectivity index (χ1n) is 10.6. The molecule has 186 valence electrons. The molecule has 35 heavy (non-hydrogen) atoms. The van der Waals surface area contributed by atoms with Crippen LogP contribution in [0.3, 0.4) is 0 Å². The van der Waals surface area contributed by atoms with Crippen LogP contribution in [0.4, 0.5) is 21.8 Å². The van der Waals surface area contributed by atoms with Crippen LogP contribution in [0, 0.1) is 12.7 Å². The monoisotopic (exact) mass is 503 g/mol. The molecule has 0 bridgehead atoms. The maximum absolute atomic E-state index is 13.1. The molecule has 0 amide bonds. The fourth-order valence-electron chi connectivity index (χ4n) is 2.95. The minimum atomic E-state index is -3.76. The Morgan fingerprint density at radius 1 is 1.06 bits per heavy atom. The van der Waals surface area contributed by atoms with Gasteiger partial charge in [-0.2, -0.15) is 4.98 Å². The van der Waals surface area contributed by atoms with Crippen LogP contribution in [-0.2, 0) is 19.6 Å². The number of hydrogen-bond acceptors (Lipinski definition) is 9. The highest BCUT2D eigenvalue weighted by Gasteiger charge is 2.17. The summed E-state index contributed by atoms with van der Waals surface area (Å²) in [5.41, 5.74) is 1.36. The third-order valence-corrected chi connectivity index (χ3v) is 6.13. The molecule has 0 radical (unpaired) electrons. The predicted octanol–water partition coefficient (Wildman–Crippen LogP) is 3.00. The van der Waals surface area contributed by atoms with Crippen molar-refractivity contribution >= 4 is 33.4 Å². The molecule has 2 aromatic carbocycles. The number of carbonyl (C=O) groups excluding carboxylic acids is 1. The van der Waals surface area contributed by atoms with Crippen LogP contribution in [-0.4, -0.2) is 50.7 Å². The van der Waals surface area contributed by atoms with Crippen molar-refractivity contribution in [1.82, 2.24) is 14.7 Å². The Hall–Kier alpha value is -3.77. The average Bonchev–Trinajstić information content (AvgIpc) is 2.83. The third kappa shape index (κ3) is 7.62. The van der Waals surface area contributed by atoms with Crippen LogP contribution in [0.1, 0.15) is 12.6 Å². The Bertz CT molecular complexity index is 1250. The minimum absolute atomic E-state index is 0.0492. The Kier molecular flexibility index (Phi) is 8.55. The van der Waals surface area contributed by atoms with Crippen molar-refractivity contribution in [1.29, 1.82) is 0 Å². The number of benzene rings is 2. The van der Waals surface area contributed by atoms with Gasteiger partial charge in [-0.15, -0.1) is 0 Å². The summed E-state index contributed by atoms with van der Waals surface area (Å²) in [5, 5.41) is 6.05. The zero-order valence-corrected chi connectivity index (χ0v) is 20.2. The lowest BCUT2D eigenvalue weighted by Crippen LogP contribution is -2.29. The second-order valence-corrected chi connectivity index (χ2v) is 9.20. The lowest BCUT2D eigenvalue weighted by molar-refractivity contribution is -0.147. The Balaban J connectivity index is 1.53. The van der Waals surface area contributed by atoms with Crippen molar-refractivity contribution in [2.75, 3.05) is 30.8 Å². The number of nitrogens with one attached hydrogen (secondary N) is 3. The first kappa shape index (κ1) is 25.8. The van der Waals surface area contributed by atoms with E-state index in [9.17, 15) is 17.6 Å². The van der Waals surface area contributed by atoms with Gasteiger partial charge in [0.2, 0.25) is 16.0 Å². The van der Waals surface area contributed by atoms with Gasteiger partial charge >= 0.3 is 5.97 Å². The zero-order valence-electron chi connectivity index (χ0n) is 19.4. The fourth-order valence-corrected chi connectivity index (χ4v) is 3.98. The van der Waals surface area contributed by atoms with Crippen LogP contribution < -0.4 is 20.1 Å². The molecule has 10 nitrogen and oxygen atoms in total. The van der Waals surface area contributed by atoms with Gasteiger partial charge in [0.25, 0.3) is 0 Å². The molecule has 3 aromatic rings. The van der Waals surface area contributed by atoms with Crippen molar-refractivity contribution in [3.63, 3.8) is 0 Å². The maximum atomic E-state index is 13.1. The Labute approximate surface area is 203 Å². The van der Waals surface area contributed by atoms with Crippen molar-refractivity contribution in [2.24, 2.45) is 0 Å². The molecule has 3 rings (SSSR count). The van der Waals surface area contributed by atoms with Gasteiger partial charge in [0, 0.05) is 30.5 Å². The number of halogens is 1. The lowest BCUT2D eigenvalue weighted by atomic mass is 10.3. The molecule has 0 aliphatic carbocycles. The van der Waals surface area contributed by atoms with E-state index in [4.69, 9.17) is 4.74 Å². The van der Waals surface area contributed by atoms with Gasteiger partial charge in [0.15, 0.2) is 6.10 Å². The van der Waals surface area contributed by atoms with Crippen molar-refractivity contribution in [2.45, 2.75) is 24.8 Å². The van der Waals surface area contributed by atoms with Gasteiger partial charge in [0.1, 0.15) is 17.4 Å². The summed E-state index contributed by atoms with van der Waals surface area (Å²) >= 11 is 0. The summed E-state index contributed by atoms with van der Waals surface area (Å²) in [7, 11) is -2.51. The number of anilines is 3. The molecule has 0 spiro atoms. The molecule has 1 heterocycles. The summed E-state index contributed by atoms with van der Waals surface area (Å²) in [6.07, 6.45) is -0.818. The van der Waals surface area contributed by atoms with Gasteiger partial charge in [0.05, 0.1) is 12.0 Å². The number of aryl methyl sites for hydroxylation is 1. The summed E-state index contributed by atoms with van der Waals surface area (Å²) < 4.78 is 50.7. The van der Waals surface area contributed by atoms with E-state index in [2.05, 4.69) is 30.1 Å². The second-order valence-electron chi connectivity index (χ2n) is 7.43. The summed E-state index contributed by atoms with van der Waals surface area (Å²) in [4.78, 5) is 20.1. The lowest BCUT2D eigenvalue weighted by Gasteiger charge is -2.13. The quantitative estimate of drug-likeness (QED) is 0.267. The first-order valence-corrected chi connectivity index (χ1v) is 12.1. The second kappa shape index (κ2) is 11.6. The molecule has 0 unspecified atom stereocenters. The van der Waals surface area contributed by atoms with Crippen molar-refractivity contribution < 1.29 is 27.1 Å². The topological polar surface area (TPSA) is 132 Å². The largest absolute Gasteiger partial charge is 0.479 e. The molecule has 0 saturated heterocycles. The molecule has 1 aromatic heterocycles. The standard InChI is InChI=1S/C23H26FN5O5S/c1-15-14-21(28-18-6-4-17(24)5-7-18)29-23(27-15)25-12-13-26-35(31,32)20-10-8-19(9-11-20)34-16(2)22(30)33-3/h4-11,14,16,26H,12-13H2,1-3H3,(H2,25,27,28,29)/t16-/m0/s1. The predicted molar refractivity (Wildman–Crippen MR) is 129 cm³/mol. The smallest absolute Gasteiger partial charge is 0.346 e. The van der Waals surface area contributed by atoms with Crippen molar-refractivity contribution in [3.05, 3.63) is 66.1 Å². The Morgan fingerprint density at radius 2 is 1.74 bits per heavy atom. The van der Waals surface area contributed by atoms with Crippen LogP contribution in [0.5, 0.6) is 5.75 Å². The van der Waals surface area contributed by atoms with E-state index in [1.807, 2.05) is 0 Å². The number of hydrogen-bond donors (Lipinski definition) is 3. The van der Waals surface area contributed by atoms with E-state index in [1.54, 1.807) is 25.1 Å². The van der Waals surface area contributed by atoms with Crippen LogP contribution in [0.2, 0.25) is 0 Å². The summed E-state index contributed by atoms with van der Waals surface area (Å²) in [6, 6.07) is 13.3. The summed E-state index contributed by atoms with van der Waals surface area (Å²) in [5.74, 6) is 0.291. The Morgan fingerprint density at radius 3 is 2.40 bits per heavy atom. The minimum Gasteiger partial charge on any atom is -0.479 e. The van der Waals surface area contributed by atoms with E-state index in [0.29, 0.717) is 28.9 Å². The number of aromatic nitrogens is 2. The zero-order chi connectivity index (χ0) is 25.4. The highest BCUT2D eigenvalue weighted by atomic mass is 32.2. The van der Waals surface area contributed by atoms with Gasteiger partial charge in [-0.25, -0.2) is 27.3 Å². The molecule has 3 N–H and O–H groups in total. The molecule has 0 aliphatic rings. The SMILES string of the molecule is COC(=O)[C@H](C)Oc1ccc(S(=O)(=O)NCCNc2nc(C)cc(Nc3ccc(F)cc3)n2)cc1. The van der Waals surface area contributed by atoms with E-state index in [-0.39, 0.29) is 23.8 Å². The van der Waals surface area contributed by atoms with Crippen LogP contribution in [0.15, 0.2) is 59.5 Å². The normalized spacial score (nSPS) is 12.0. The van der Waals surface area contributed by atoms with Gasteiger partial charge in [-0.05, 0) is 62.4 Å². The molecular weight excluding hydrogens is 477 g/mol. The van der Waals surface area contributed by atoms with Crippen LogP contribution >= 0.6 is 0 Å². The number of esters is 1. The number of methoxy groups -OCH3 is 1. The molecule has 0 saturated carbocycles. The number of sulfonamides is 1. The van der Waals surface area contributed by atoms with Crippen LogP contribution in [0.25, 0.3) is 0 Å². The third-order valence-electron chi connectivity index (χ3n) is 4.65. The van der Waals surface area contributed by atoms with Crippen molar-refractivity contribution in [3.8, 4) is 5.75 Å². The number of carbonyl (C=O) groups is 1. The highest BCUT2D eigenvalue weighted by molar-refractivity contribution is 7.89. The maximum Gasteiger partial charge on any atom is 0.346 e. The molecule has 1 atom stereocenters. The number of nitrogens with zero attached hydrogens (tertiary/aromatic N) is 2. The highest BCUT2D eigenvalue weighted by Crippen LogP contribution is 2.18. The molecule has 12 heteroatoms. The molecule has 0 aliphatic heterocycles. The fraction of sp³-hybridized carbons (Fsp3) is 0.261. The van der Waals surface area contributed by atoms with E-state index >= 15 is 0 Å². The van der Waals surface area contributed by atoms with Gasteiger partial charge < -0.3 is 20.1 Å².